The van der Waals surface area contributed by atoms with Gasteiger partial charge in [-0.15, -0.1) is 0 Å². The number of ether oxygens (including phenoxy) is 3. The molecule has 7 nitrogen and oxygen atoms in total. The summed E-state index contributed by atoms with van der Waals surface area (Å²) in [7, 11) is 4.52. The number of rotatable bonds is 8. The summed E-state index contributed by atoms with van der Waals surface area (Å²) in [5.74, 6) is 0.560. The number of hydrogen-bond acceptors (Lipinski definition) is 5. The standard InChI is InChI=1S/C26H28N2O5/c1-16-6-10-18(11-7-16)25(29)27-24(28-26(30)19-12-8-17(2)9-13-19)20-14-21(31-3)23(33-5)22(15-20)32-4/h6-15,24H,1-5H3,(H,27,29)(H,28,30). The SMILES string of the molecule is COc1cc(C(NC(=O)c2ccc(C)cc2)NC(=O)c2ccc(C)cc2)cc(OC)c1OC. The van der Waals surface area contributed by atoms with Crippen molar-refractivity contribution in [3.63, 3.8) is 0 Å². The van der Waals surface area contributed by atoms with E-state index in [4.69, 9.17) is 14.2 Å². The van der Waals surface area contributed by atoms with Crippen LogP contribution in [0.1, 0.15) is 43.6 Å². The van der Waals surface area contributed by atoms with Gasteiger partial charge >= 0.3 is 0 Å². The van der Waals surface area contributed by atoms with E-state index in [-0.39, 0.29) is 11.8 Å². The summed E-state index contributed by atoms with van der Waals surface area (Å²) in [6.45, 7) is 3.89. The van der Waals surface area contributed by atoms with Crippen LogP contribution in [0.5, 0.6) is 17.2 Å². The van der Waals surface area contributed by atoms with E-state index in [1.165, 1.54) is 21.3 Å². The molecule has 2 N–H and O–H groups in total. The van der Waals surface area contributed by atoms with Gasteiger partial charge in [0, 0.05) is 16.7 Å². The molecule has 0 aliphatic rings. The van der Waals surface area contributed by atoms with Crippen molar-refractivity contribution in [2.24, 2.45) is 0 Å². The van der Waals surface area contributed by atoms with E-state index in [0.717, 1.165) is 11.1 Å². The van der Waals surface area contributed by atoms with Crippen molar-refractivity contribution in [3.05, 3.63) is 88.5 Å². The second-order valence-corrected chi connectivity index (χ2v) is 7.57. The first-order chi connectivity index (χ1) is 15.9. The van der Waals surface area contributed by atoms with E-state index in [0.29, 0.717) is 33.9 Å². The van der Waals surface area contributed by atoms with Crippen LogP contribution in [-0.4, -0.2) is 33.1 Å². The number of aryl methyl sites for hydroxylation is 2. The van der Waals surface area contributed by atoms with Gasteiger partial charge in [0.05, 0.1) is 21.3 Å². The van der Waals surface area contributed by atoms with Crippen LogP contribution >= 0.6 is 0 Å². The van der Waals surface area contributed by atoms with Crippen LogP contribution < -0.4 is 24.8 Å². The minimum absolute atomic E-state index is 0.335. The van der Waals surface area contributed by atoms with Gasteiger partial charge in [0.15, 0.2) is 11.5 Å². The van der Waals surface area contributed by atoms with Gasteiger partial charge < -0.3 is 24.8 Å². The highest BCUT2D eigenvalue weighted by Crippen LogP contribution is 2.39. The van der Waals surface area contributed by atoms with Gasteiger partial charge in [-0.05, 0) is 50.2 Å². The third kappa shape index (κ3) is 5.63. The van der Waals surface area contributed by atoms with Crippen molar-refractivity contribution < 1.29 is 23.8 Å². The van der Waals surface area contributed by atoms with Crippen LogP contribution in [-0.2, 0) is 0 Å². The Balaban J connectivity index is 1.98. The first-order valence-corrected chi connectivity index (χ1v) is 10.4. The molecule has 7 heteroatoms. The molecule has 0 bridgehead atoms. The molecule has 0 saturated heterocycles. The van der Waals surface area contributed by atoms with Crippen molar-refractivity contribution in [3.8, 4) is 17.2 Å². The van der Waals surface area contributed by atoms with Crippen LogP contribution in [0.3, 0.4) is 0 Å². The van der Waals surface area contributed by atoms with Gasteiger partial charge in [0.2, 0.25) is 5.75 Å². The fraction of sp³-hybridized carbons (Fsp3) is 0.231. The smallest absolute Gasteiger partial charge is 0.253 e. The molecule has 0 spiro atoms. The quantitative estimate of drug-likeness (QED) is 0.505. The lowest BCUT2D eigenvalue weighted by Gasteiger charge is -2.23. The Labute approximate surface area is 193 Å². The highest BCUT2D eigenvalue weighted by molar-refractivity contribution is 5.97. The molecule has 0 radical (unpaired) electrons. The maximum absolute atomic E-state index is 13.0. The van der Waals surface area contributed by atoms with Crippen LogP contribution in [0.15, 0.2) is 60.7 Å². The van der Waals surface area contributed by atoms with E-state index in [1.807, 2.05) is 38.1 Å². The number of amides is 2. The lowest BCUT2D eigenvalue weighted by atomic mass is 10.1. The monoisotopic (exact) mass is 448 g/mol. The average Bonchev–Trinajstić information content (AvgIpc) is 2.83. The molecule has 0 aliphatic heterocycles. The molecule has 172 valence electrons. The Morgan fingerprint density at radius 1 is 0.667 bits per heavy atom. The summed E-state index contributed by atoms with van der Waals surface area (Å²) in [4.78, 5) is 26.0. The molecule has 0 heterocycles. The molecule has 0 aliphatic carbocycles. The number of carbonyl (C=O) groups is 2. The summed E-state index contributed by atoms with van der Waals surface area (Å²) in [6.07, 6.45) is -0.860. The van der Waals surface area contributed by atoms with Crippen LogP contribution in [0.25, 0.3) is 0 Å². The Morgan fingerprint density at radius 3 is 1.39 bits per heavy atom. The zero-order valence-electron chi connectivity index (χ0n) is 19.4. The molecule has 33 heavy (non-hydrogen) atoms. The van der Waals surface area contributed by atoms with Crippen molar-refractivity contribution in [2.75, 3.05) is 21.3 Å². The van der Waals surface area contributed by atoms with Gasteiger partial charge in [-0.2, -0.15) is 0 Å². The zero-order chi connectivity index (χ0) is 24.0. The summed E-state index contributed by atoms with van der Waals surface area (Å²) in [6, 6.07) is 17.7. The van der Waals surface area contributed by atoms with Gasteiger partial charge in [-0.1, -0.05) is 35.4 Å². The molecule has 0 atom stereocenters. The molecule has 0 unspecified atom stereocenters. The highest BCUT2D eigenvalue weighted by atomic mass is 16.5. The van der Waals surface area contributed by atoms with E-state index < -0.39 is 6.17 Å². The molecule has 0 saturated carbocycles. The molecule has 0 fully saturated rings. The van der Waals surface area contributed by atoms with Crippen molar-refractivity contribution >= 4 is 11.8 Å². The molecular formula is C26H28N2O5. The molecule has 2 amide bonds. The first kappa shape index (κ1) is 23.7. The Morgan fingerprint density at radius 2 is 1.06 bits per heavy atom. The maximum Gasteiger partial charge on any atom is 0.253 e. The van der Waals surface area contributed by atoms with Crippen molar-refractivity contribution in [2.45, 2.75) is 20.0 Å². The Kier molecular flexibility index (Phi) is 7.56. The van der Waals surface area contributed by atoms with Crippen molar-refractivity contribution in [1.29, 1.82) is 0 Å². The number of carbonyl (C=O) groups excluding carboxylic acids is 2. The third-order valence-corrected chi connectivity index (χ3v) is 5.20. The first-order valence-electron chi connectivity index (χ1n) is 10.4. The summed E-state index contributed by atoms with van der Waals surface area (Å²) < 4.78 is 16.3. The topological polar surface area (TPSA) is 85.9 Å². The van der Waals surface area contributed by atoms with Gasteiger partial charge in [-0.3, -0.25) is 9.59 Å². The Hall–Kier alpha value is -4.00. The molecule has 0 aromatic heterocycles. The van der Waals surface area contributed by atoms with Gasteiger partial charge in [0.25, 0.3) is 11.8 Å². The summed E-state index contributed by atoms with van der Waals surface area (Å²) >= 11 is 0. The van der Waals surface area contributed by atoms with E-state index in [9.17, 15) is 9.59 Å². The molecule has 3 rings (SSSR count). The second-order valence-electron chi connectivity index (χ2n) is 7.57. The van der Waals surface area contributed by atoms with Crippen molar-refractivity contribution in [1.82, 2.24) is 10.6 Å². The van der Waals surface area contributed by atoms with E-state index in [1.54, 1.807) is 36.4 Å². The second kappa shape index (κ2) is 10.5. The molecular weight excluding hydrogens is 420 g/mol. The zero-order valence-corrected chi connectivity index (χ0v) is 19.4. The molecule has 3 aromatic carbocycles. The van der Waals surface area contributed by atoms with Crippen LogP contribution in [0.4, 0.5) is 0 Å². The fourth-order valence-electron chi connectivity index (χ4n) is 3.31. The number of benzene rings is 3. The minimum Gasteiger partial charge on any atom is -0.493 e. The Bertz CT molecular complexity index is 1040. The average molecular weight is 449 g/mol. The summed E-state index contributed by atoms with van der Waals surface area (Å²) in [5, 5.41) is 5.80. The predicted octanol–water partition coefficient (Wildman–Crippen LogP) is 4.19. The van der Waals surface area contributed by atoms with E-state index >= 15 is 0 Å². The predicted molar refractivity (Wildman–Crippen MR) is 126 cm³/mol. The fourth-order valence-corrected chi connectivity index (χ4v) is 3.31. The van der Waals surface area contributed by atoms with E-state index in [2.05, 4.69) is 10.6 Å². The number of nitrogens with one attached hydrogen (secondary N) is 2. The third-order valence-electron chi connectivity index (χ3n) is 5.20. The number of methoxy groups -OCH3 is 3. The largest absolute Gasteiger partial charge is 0.493 e. The minimum atomic E-state index is -0.860. The lowest BCUT2D eigenvalue weighted by Crippen LogP contribution is -2.41. The maximum atomic E-state index is 13.0. The summed E-state index contributed by atoms with van der Waals surface area (Å²) in [5.41, 5.74) is 3.59. The molecule has 3 aromatic rings. The normalized spacial score (nSPS) is 10.5. The van der Waals surface area contributed by atoms with Gasteiger partial charge in [0.1, 0.15) is 6.17 Å². The number of hydrogen-bond donors (Lipinski definition) is 2. The lowest BCUT2D eigenvalue weighted by molar-refractivity contribution is 0.0883. The van der Waals surface area contributed by atoms with Gasteiger partial charge in [-0.25, -0.2) is 0 Å². The van der Waals surface area contributed by atoms with Crippen LogP contribution in [0.2, 0.25) is 0 Å². The van der Waals surface area contributed by atoms with Crippen LogP contribution in [0, 0.1) is 13.8 Å². The highest BCUT2D eigenvalue weighted by Gasteiger charge is 2.23.